The van der Waals surface area contributed by atoms with Gasteiger partial charge in [-0.25, -0.2) is 5.01 Å². The maximum atomic E-state index is 13.2. The largest absolute Gasteiger partial charge is 0.467 e. The van der Waals surface area contributed by atoms with Crippen molar-refractivity contribution >= 4 is 23.0 Å². The summed E-state index contributed by atoms with van der Waals surface area (Å²) >= 11 is 1.67. The summed E-state index contributed by atoms with van der Waals surface area (Å²) in [7, 11) is 0. The molecule has 0 saturated carbocycles. The normalized spacial score (nSPS) is 24.3. The van der Waals surface area contributed by atoms with Crippen LogP contribution in [-0.2, 0) is 4.79 Å². The number of hydrogen-bond acceptors (Lipinski definition) is 6. The van der Waals surface area contributed by atoms with E-state index in [1.165, 1.54) is 38.8 Å². The number of amides is 1. The first-order valence-electron chi connectivity index (χ1n) is 10.7. The fourth-order valence-electron chi connectivity index (χ4n) is 4.85. The predicted octanol–water partition coefficient (Wildman–Crippen LogP) is 3.58. The Morgan fingerprint density at radius 2 is 1.97 bits per heavy atom. The molecule has 0 bridgehead atoms. The minimum absolute atomic E-state index is 0.0672. The Morgan fingerprint density at radius 3 is 2.66 bits per heavy atom. The van der Waals surface area contributed by atoms with Gasteiger partial charge >= 0.3 is 0 Å². The molecule has 1 unspecified atom stereocenters. The van der Waals surface area contributed by atoms with E-state index in [4.69, 9.17) is 9.52 Å². The summed E-state index contributed by atoms with van der Waals surface area (Å²) in [6, 6.07) is 8.48. The van der Waals surface area contributed by atoms with E-state index in [-0.39, 0.29) is 11.9 Å². The van der Waals surface area contributed by atoms with Crippen molar-refractivity contribution in [2.75, 3.05) is 32.7 Å². The molecule has 0 radical (unpaired) electrons. The molecular weight excluding hydrogens is 384 g/mol. The van der Waals surface area contributed by atoms with Crippen LogP contribution in [0.2, 0.25) is 0 Å². The lowest BCUT2D eigenvalue weighted by Gasteiger charge is -2.36. The zero-order valence-electron chi connectivity index (χ0n) is 16.7. The Kier molecular flexibility index (Phi) is 5.52. The van der Waals surface area contributed by atoms with Gasteiger partial charge in [-0.05, 0) is 62.4 Å². The van der Waals surface area contributed by atoms with Gasteiger partial charge in [-0.1, -0.05) is 6.07 Å². The SMILES string of the molecule is O=C(CN1CCC(N2CCCC2)CC1)N1N=C(c2cccs2)CC1c1ccco1. The van der Waals surface area contributed by atoms with Gasteiger partial charge in [-0.2, -0.15) is 5.10 Å². The van der Waals surface area contributed by atoms with Crippen LogP contribution in [0, 0.1) is 0 Å². The molecule has 2 saturated heterocycles. The van der Waals surface area contributed by atoms with Crippen molar-refractivity contribution < 1.29 is 9.21 Å². The second-order valence-electron chi connectivity index (χ2n) is 8.25. The molecule has 7 heteroatoms. The average molecular weight is 413 g/mol. The predicted molar refractivity (Wildman–Crippen MR) is 114 cm³/mol. The van der Waals surface area contributed by atoms with E-state index in [1.807, 2.05) is 18.2 Å². The Balaban J connectivity index is 1.24. The lowest BCUT2D eigenvalue weighted by Crippen LogP contribution is -2.47. The molecule has 2 fully saturated rings. The number of carbonyl (C=O) groups excluding carboxylic acids is 1. The summed E-state index contributed by atoms with van der Waals surface area (Å²) < 4.78 is 5.64. The number of likely N-dealkylation sites (tertiary alicyclic amines) is 2. The monoisotopic (exact) mass is 412 g/mol. The Morgan fingerprint density at radius 1 is 1.14 bits per heavy atom. The van der Waals surface area contributed by atoms with Crippen LogP contribution in [0.4, 0.5) is 0 Å². The lowest BCUT2D eigenvalue weighted by atomic mass is 10.0. The van der Waals surface area contributed by atoms with Gasteiger partial charge in [0.25, 0.3) is 5.91 Å². The Bertz CT molecular complexity index is 834. The summed E-state index contributed by atoms with van der Waals surface area (Å²) in [4.78, 5) is 19.3. The smallest absolute Gasteiger partial charge is 0.257 e. The number of thiophene rings is 1. The zero-order chi connectivity index (χ0) is 19.6. The van der Waals surface area contributed by atoms with E-state index in [1.54, 1.807) is 22.6 Å². The third-order valence-electron chi connectivity index (χ3n) is 6.42. The van der Waals surface area contributed by atoms with Crippen molar-refractivity contribution in [3.63, 3.8) is 0 Å². The zero-order valence-corrected chi connectivity index (χ0v) is 17.5. The van der Waals surface area contributed by atoms with Crippen LogP contribution >= 0.6 is 11.3 Å². The first-order valence-corrected chi connectivity index (χ1v) is 11.6. The number of piperidine rings is 1. The molecule has 5 heterocycles. The van der Waals surface area contributed by atoms with Crippen LogP contribution in [0.25, 0.3) is 0 Å². The topological polar surface area (TPSA) is 52.3 Å². The molecule has 0 aliphatic carbocycles. The van der Waals surface area contributed by atoms with Gasteiger partial charge in [-0.3, -0.25) is 9.69 Å². The molecule has 154 valence electrons. The second-order valence-corrected chi connectivity index (χ2v) is 9.20. The van der Waals surface area contributed by atoms with Crippen molar-refractivity contribution in [1.29, 1.82) is 0 Å². The van der Waals surface area contributed by atoms with E-state index in [0.29, 0.717) is 19.0 Å². The molecule has 6 nitrogen and oxygen atoms in total. The number of nitrogens with zero attached hydrogens (tertiary/aromatic N) is 4. The fraction of sp³-hybridized carbons (Fsp3) is 0.545. The summed E-state index contributed by atoms with van der Waals surface area (Å²) in [5.74, 6) is 0.874. The summed E-state index contributed by atoms with van der Waals surface area (Å²) in [6.45, 7) is 4.93. The molecule has 1 amide bonds. The first kappa shape index (κ1) is 19.0. The van der Waals surface area contributed by atoms with E-state index in [0.717, 1.165) is 29.4 Å². The van der Waals surface area contributed by atoms with Crippen molar-refractivity contribution in [2.45, 2.75) is 44.2 Å². The van der Waals surface area contributed by atoms with Gasteiger partial charge in [0.05, 0.1) is 23.4 Å². The lowest BCUT2D eigenvalue weighted by molar-refractivity contribution is -0.135. The molecule has 3 aliphatic rings. The van der Waals surface area contributed by atoms with Gasteiger partial charge < -0.3 is 9.32 Å². The van der Waals surface area contributed by atoms with E-state index >= 15 is 0 Å². The minimum atomic E-state index is -0.142. The molecule has 5 rings (SSSR count). The van der Waals surface area contributed by atoms with Gasteiger partial charge in [0.2, 0.25) is 0 Å². The summed E-state index contributed by atoms with van der Waals surface area (Å²) in [6.07, 6.45) is 7.39. The molecule has 0 aromatic carbocycles. The maximum Gasteiger partial charge on any atom is 0.257 e. The molecule has 1 atom stereocenters. The van der Waals surface area contributed by atoms with Crippen LogP contribution in [0.1, 0.15) is 48.8 Å². The van der Waals surface area contributed by atoms with Crippen molar-refractivity contribution in [2.24, 2.45) is 5.10 Å². The van der Waals surface area contributed by atoms with Crippen LogP contribution in [0.15, 0.2) is 45.4 Å². The Labute approximate surface area is 175 Å². The number of rotatable bonds is 5. The minimum Gasteiger partial charge on any atom is -0.467 e. The highest BCUT2D eigenvalue weighted by Gasteiger charge is 2.36. The second kappa shape index (κ2) is 8.42. The molecule has 2 aromatic rings. The van der Waals surface area contributed by atoms with Gasteiger partial charge in [0.1, 0.15) is 11.8 Å². The van der Waals surface area contributed by atoms with Crippen LogP contribution < -0.4 is 0 Å². The molecule has 3 aliphatic heterocycles. The van der Waals surface area contributed by atoms with Crippen molar-refractivity contribution in [3.8, 4) is 0 Å². The van der Waals surface area contributed by atoms with E-state index in [9.17, 15) is 4.79 Å². The molecule has 2 aromatic heterocycles. The maximum absolute atomic E-state index is 13.2. The van der Waals surface area contributed by atoms with E-state index in [2.05, 4.69) is 21.2 Å². The van der Waals surface area contributed by atoms with Gasteiger partial charge in [-0.15, -0.1) is 11.3 Å². The summed E-state index contributed by atoms with van der Waals surface area (Å²) in [5.41, 5.74) is 0.975. The molecule has 29 heavy (non-hydrogen) atoms. The van der Waals surface area contributed by atoms with Crippen LogP contribution in [0.3, 0.4) is 0 Å². The third kappa shape index (κ3) is 4.04. The first-order chi connectivity index (χ1) is 14.3. The van der Waals surface area contributed by atoms with E-state index < -0.39 is 0 Å². The molecule has 0 spiro atoms. The number of hydrogen-bond donors (Lipinski definition) is 0. The Hall–Kier alpha value is -1.96. The molecule has 0 N–H and O–H groups in total. The van der Waals surface area contributed by atoms with Crippen molar-refractivity contribution in [3.05, 3.63) is 46.5 Å². The highest BCUT2D eigenvalue weighted by atomic mass is 32.1. The fourth-order valence-corrected chi connectivity index (χ4v) is 5.57. The average Bonchev–Trinajstić information content (AvgIpc) is 3.55. The highest BCUT2D eigenvalue weighted by molar-refractivity contribution is 7.12. The number of carbonyl (C=O) groups is 1. The molecular formula is C22H28N4O2S. The van der Waals surface area contributed by atoms with Gasteiger partial charge in [0, 0.05) is 25.6 Å². The number of furan rings is 1. The van der Waals surface area contributed by atoms with Crippen LogP contribution in [0.5, 0.6) is 0 Å². The standard InChI is InChI=1S/C22H28N4O2S/c27-22(16-24-11-7-17(8-12-24)25-9-1-2-10-25)26-19(20-5-3-13-28-20)15-18(23-26)21-6-4-14-29-21/h3-6,13-14,17,19H,1-2,7-12,15-16H2. The quantitative estimate of drug-likeness (QED) is 0.753. The van der Waals surface area contributed by atoms with Crippen molar-refractivity contribution in [1.82, 2.24) is 14.8 Å². The summed E-state index contributed by atoms with van der Waals surface area (Å²) in [5, 5.41) is 8.44. The van der Waals surface area contributed by atoms with Gasteiger partial charge in [0.15, 0.2) is 0 Å². The third-order valence-corrected chi connectivity index (χ3v) is 7.33. The number of hydrazone groups is 1. The van der Waals surface area contributed by atoms with Crippen LogP contribution in [-0.4, -0.2) is 65.2 Å². The highest BCUT2D eigenvalue weighted by Crippen LogP contribution is 2.34.